The van der Waals surface area contributed by atoms with Crippen molar-refractivity contribution in [3.05, 3.63) is 34.9 Å². The topological polar surface area (TPSA) is 34.1 Å². The van der Waals surface area contributed by atoms with E-state index in [9.17, 15) is 9.00 Å². The second-order valence-corrected chi connectivity index (χ2v) is 8.32. The third-order valence-electron chi connectivity index (χ3n) is 5.01. The lowest BCUT2D eigenvalue weighted by Crippen LogP contribution is -2.33. The third-order valence-corrected chi connectivity index (χ3v) is 7.18. The van der Waals surface area contributed by atoms with Crippen molar-refractivity contribution in [3.8, 4) is 0 Å². The summed E-state index contributed by atoms with van der Waals surface area (Å²) in [6, 6.07) is 6.20. The Bertz CT molecular complexity index is 528. The number of hydrogen-bond donors (Lipinski definition) is 0. The molecule has 2 aliphatic rings. The van der Waals surface area contributed by atoms with Gasteiger partial charge in [0.2, 0.25) is 0 Å². The Morgan fingerprint density at radius 3 is 2.25 bits per heavy atom. The van der Waals surface area contributed by atoms with Crippen molar-refractivity contribution in [1.29, 1.82) is 0 Å². The molecule has 1 aromatic carbocycles. The van der Waals surface area contributed by atoms with Crippen molar-refractivity contribution < 1.29 is 9.00 Å². The van der Waals surface area contributed by atoms with Crippen LogP contribution in [-0.2, 0) is 22.0 Å². The van der Waals surface area contributed by atoms with E-state index in [0.717, 1.165) is 25.7 Å². The van der Waals surface area contributed by atoms with Crippen molar-refractivity contribution in [2.75, 3.05) is 0 Å². The Morgan fingerprint density at radius 1 is 1.15 bits per heavy atom. The van der Waals surface area contributed by atoms with Crippen molar-refractivity contribution in [3.63, 3.8) is 0 Å². The second kappa shape index (κ2) is 5.44. The lowest BCUT2D eigenvalue weighted by Gasteiger charge is -2.26. The highest BCUT2D eigenvalue weighted by Gasteiger charge is 2.42. The van der Waals surface area contributed by atoms with E-state index in [0.29, 0.717) is 22.7 Å². The van der Waals surface area contributed by atoms with Crippen LogP contribution in [0.2, 0.25) is 0 Å². The molecule has 2 bridgehead atoms. The first-order valence-electron chi connectivity index (χ1n) is 7.53. The largest absolute Gasteiger partial charge is 0.299 e. The van der Waals surface area contributed by atoms with E-state index in [1.54, 1.807) is 0 Å². The zero-order valence-corrected chi connectivity index (χ0v) is 13.0. The quantitative estimate of drug-likeness (QED) is 0.857. The number of aryl methyl sites for hydroxylation is 2. The summed E-state index contributed by atoms with van der Waals surface area (Å²) in [5.74, 6) is 0.500. The maximum absolute atomic E-state index is 12.6. The van der Waals surface area contributed by atoms with Crippen LogP contribution in [0.25, 0.3) is 0 Å². The van der Waals surface area contributed by atoms with E-state index in [1.165, 1.54) is 16.7 Å². The van der Waals surface area contributed by atoms with Gasteiger partial charge in [-0.1, -0.05) is 18.2 Å². The van der Waals surface area contributed by atoms with Crippen LogP contribution in [0.1, 0.15) is 42.4 Å². The number of Topliss-reactive ketones (excluding diaryl/α,β-unsaturated/α-hetero) is 1. The van der Waals surface area contributed by atoms with Gasteiger partial charge >= 0.3 is 0 Å². The van der Waals surface area contributed by atoms with Gasteiger partial charge in [0.25, 0.3) is 0 Å². The molecule has 2 unspecified atom stereocenters. The predicted octanol–water partition coefficient (Wildman–Crippen LogP) is 3.10. The number of fused-ring (bicyclic) bond motifs is 2. The summed E-state index contributed by atoms with van der Waals surface area (Å²) < 4.78 is 12.0. The summed E-state index contributed by atoms with van der Waals surface area (Å²) in [6.45, 7) is 4.16. The van der Waals surface area contributed by atoms with E-state index in [2.05, 4.69) is 26.0 Å². The highest BCUT2D eigenvalue weighted by molar-refractivity contribution is 7.86. The molecule has 2 atom stereocenters. The molecule has 2 aliphatic heterocycles. The van der Waals surface area contributed by atoms with Crippen LogP contribution in [0.4, 0.5) is 0 Å². The van der Waals surface area contributed by atoms with Crippen molar-refractivity contribution in [2.45, 2.75) is 56.5 Å². The molecule has 0 radical (unpaired) electrons. The molecule has 0 aliphatic carbocycles. The fourth-order valence-electron chi connectivity index (χ4n) is 3.74. The molecule has 0 N–H and O–H groups in total. The van der Waals surface area contributed by atoms with Crippen molar-refractivity contribution in [2.24, 2.45) is 5.92 Å². The van der Waals surface area contributed by atoms with Crippen molar-refractivity contribution >= 4 is 16.6 Å². The van der Waals surface area contributed by atoms with Gasteiger partial charge in [-0.15, -0.1) is 0 Å². The molecule has 0 aromatic heterocycles. The maximum atomic E-state index is 12.6. The van der Waals surface area contributed by atoms with Gasteiger partial charge in [-0.2, -0.15) is 0 Å². The molecule has 0 saturated carbocycles. The second-order valence-electron chi connectivity index (χ2n) is 6.33. The summed E-state index contributed by atoms with van der Waals surface area (Å²) in [6.07, 6.45) is 4.38. The predicted molar refractivity (Wildman–Crippen MR) is 82.3 cm³/mol. The van der Waals surface area contributed by atoms with Gasteiger partial charge < -0.3 is 0 Å². The van der Waals surface area contributed by atoms with Gasteiger partial charge in [-0.25, -0.2) is 0 Å². The number of ketones is 1. The minimum atomic E-state index is -0.663. The van der Waals surface area contributed by atoms with Gasteiger partial charge in [0.05, 0.1) is 0 Å². The van der Waals surface area contributed by atoms with Crippen LogP contribution in [0, 0.1) is 19.8 Å². The lowest BCUT2D eigenvalue weighted by atomic mass is 9.88. The molecular weight excluding hydrogens is 268 g/mol. The van der Waals surface area contributed by atoms with E-state index in [1.807, 2.05) is 6.07 Å². The molecule has 3 heteroatoms. The van der Waals surface area contributed by atoms with Crippen LogP contribution in [0.5, 0.6) is 0 Å². The van der Waals surface area contributed by atoms with Gasteiger partial charge in [0.15, 0.2) is 0 Å². The number of hydrogen-bond acceptors (Lipinski definition) is 2. The molecule has 3 rings (SSSR count). The highest BCUT2D eigenvalue weighted by atomic mass is 32.2. The number of carbonyl (C=O) groups is 1. The first-order valence-corrected chi connectivity index (χ1v) is 8.81. The van der Waals surface area contributed by atoms with Crippen LogP contribution in [0.15, 0.2) is 18.2 Å². The Balaban J connectivity index is 1.73. The molecule has 2 fully saturated rings. The SMILES string of the molecule is Cc1cccc(C)c1CC(=O)C1CC2CCC(C1)S2=O. The zero-order chi connectivity index (χ0) is 14.3. The first kappa shape index (κ1) is 14.0. The summed E-state index contributed by atoms with van der Waals surface area (Å²) in [5.41, 5.74) is 3.61. The average Bonchev–Trinajstić information content (AvgIpc) is 2.65. The number of rotatable bonds is 3. The molecule has 20 heavy (non-hydrogen) atoms. The average molecular weight is 290 g/mol. The summed E-state index contributed by atoms with van der Waals surface area (Å²) in [7, 11) is -0.663. The van der Waals surface area contributed by atoms with Gasteiger partial charge in [0.1, 0.15) is 5.78 Å². The van der Waals surface area contributed by atoms with Crippen molar-refractivity contribution in [1.82, 2.24) is 0 Å². The lowest BCUT2D eigenvalue weighted by molar-refractivity contribution is -0.122. The minimum Gasteiger partial charge on any atom is -0.299 e. The third kappa shape index (κ3) is 2.48. The van der Waals surface area contributed by atoms with Gasteiger partial charge in [-0.3, -0.25) is 9.00 Å². The Labute approximate surface area is 123 Å². The van der Waals surface area contributed by atoms with E-state index in [4.69, 9.17) is 0 Å². The summed E-state index contributed by atoms with van der Waals surface area (Å²) in [5, 5.41) is 0.585. The van der Waals surface area contributed by atoms with Gasteiger partial charge in [-0.05, 0) is 56.2 Å². The Kier molecular flexibility index (Phi) is 3.80. The van der Waals surface area contributed by atoms with Crippen LogP contribution >= 0.6 is 0 Å². The van der Waals surface area contributed by atoms with Crippen LogP contribution < -0.4 is 0 Å². The van der Waals surface area contributed by atoms with Crippen LogP contribution in [0.3, 0.4) is 0 Å². The van der Waals surface area contributed by atoms with E-state index >= 15 is 0 Å². The maximum Gasteiger partial charge on any atom is 0.140 e. The monoisotopic (exact) mass is 290 g/mol. The van der Waals surface area contributed by atoms with Crippen LogP contribution in [-0.4, -0.2) is 20.5 Å². The molecule has 2 heterocycles. The first-order chi connectivity index (χ1) is 9.56. The number of benzene rings is 1. The summed E-state index contributed by atoms with van der Waals surface area (Å²) in [4.78, 5) is 12.6. The van der Waals surface area contributed by atoms with Gasteiger partial charge in [0, 0.05) is 33.6 Å². The standard InChI is InChI=1S/C17H22O2S/c1-11-4-3-5-12(2)16(11)10-17(18)13-8-14-6-7-15(9-13)20(14)19/h3-5,13-15H,6-10H2,1-2H3. The van der Waals surface area contributed by atoms with E-state index < -0.39 is 10.8 Å². The Hall–Kier alpha value is -0.960. The molecule has 0 spiro atoms. The molecule has 108 valence electrons. The zero-order valence-electron chi connectivity index (χ0n) is 12.2. The highest BCUT2D eigenvalue weighted by Crippen LogP contribution is 2.39. The molecule has 0 amide bonds. The minimum absolute atomic E-state index is 0.143. The summed E-state index contributed by atoms with van der Waals surface area (Å²) >= 11 is 0. The fourth-order valence-corrected chi connectivity index (χ4v) is 5.87. The fraction of sp³-hybridized carbons (Fsp3) is 0.588. The molecule has 2 saturated heterocycles. The molecular formula is C17H22O2S. The molecule has 1 aromatic rings. The normalized spacial score (nSPS) is 32.3. The molecule has 2 nitrogen and oxygen atoms in total. The van der Waals surface area contributed by atoms with E-state index in [-0.39, 0.29) is 5.92 Å². The number of carbonyl (C=O) groups excluding carboxylic acids is 1. The Morgan fingerprint density at radius 2 is 1.70 bits per heavy atom. The smallest absolute Gasteiger partial charge is 0.140 e.